The Kier molecular flexibility index (Phi) is 5.98. The fraction of sp³-hybridized carbons (Fsp3) is 0. The number of non-ortho nitro benzene ring substituents is 1. The first-order valence-corrected chi connectivity index (χ1v) is 8.56. The number of rotatable bonds is 6. The number of amides is 1. The van der Waals surface area contributed by atoms with Crippen molar-refractivity contribution in [3.05, 3.63) is 100 Å². The van der Waals surface area contributed by atoms with E-state index in [9.17, 15) is 20.2 Å². The van der Waals surface area contributed by atoms with E-state index in [1.807, 2.05) is 36.4 Å². The zero-order valence-electron chi connectivity index (χ0n) is 15.1. The number of nitrogens with one attached hydrogen (secondary N) is 1. The minimum absolute atomic E-state index is 0.145. The van der Waals surface area contributed by atoms with Crippen LogP contribution >= 0.6 is 0 Å². The third-order valence-corrected chi connectivity index (χ3v) is 3.83. The molecular weight excluding hydrogens is 370 g/mol. The number of hydrogen-bond acceptors (Lipinski definition) is 5. The van der Waals surface area contributed by atoms with Crippen LogP contribution in [0.2, 0.25) is 0 Å². The standard InChI is InChI=1S/C22H15N3O4/c23-15-17(22(26)24-18-7-5-8-19(14-18)25(27)28)12-16-6-4-11-21(13-16)29-20-9-2-1-3-10-20/h1-14H,(H,24,26)/b17-12+. The number of anilines is 1. The van der Waals surface area contributed by atoms with Crippen molar-refractivity contribution in [3.63, 3.8) is 0 Å². The summed E-state index contributed by atoms with van der Waals surface area (Å²) in [6, 6.07) is 23.5. The number of para-hydroxylation sites is 1. The summed E-state index contributed by atoms with van der Waals surface area (Å²) >= 11 is 0. The zero-order valence-corrected chi connectivity index (χ0v) is 15.1. The Morgan fingerprint density at radius 1 is 1.00 bits per heavy atom. The topological polar surface area (TPSA) is 105 Å². The minimum Gasteiger partial charge on any atom is -0.457 e. The van der Waals surface area contributed by atoms with Gasteiger partial charge in [0.05, 0.1) is 4.92 Å². The lowest BCUT2D eigenvalue weighted by atomic mass is 10.1. The second-order valence-electron chi connectivity index (χ2n) is 5.92. The van der Waals surface area contributed by atoms with Gasteiger partial charge in [0.2, 0.25) is 0 Å². The Hall–Kier alpha value is -4.44. The molecule has 1 N–H and O–H groups in total. The first-order chi connectivity index (χ1) is 14.0. The van der Waals surface area contributed by atoms with Gasteiger partial charge >= 0.3 is 0 Å². The predicted octanol–water partition coefficient (Wildman–Crippen LogP) is 4.93. The van der Waals surface area contributed by atoms with Crippen LogP contribution in [0.15, 0.2) is 84.4 Å². The molecule has 0 fully saturated rings. The molecule has 0 aliphatic rings. The van der Waals surface area contributed by atoms with Gasteiger partial charge in [-0.25, -0.2) is 0 Å². The summed E-state index contributed by atoms with van der Waals surface area (Å²) in [5.74, 6) is 0.557. The van der Waals surface area contributed by atoms with E-state index >= 15 is 0 Å². The molecule has 7 heteroatoms. The summed E-state index contributed by atoms with van der Waals surface area (Å²) in [5, 5.41) is 22.7. The molecule has 0 saturated carbocycles. The molecule has 0 radical (unpaired) electrons. The van der Waals surface area contributed by atoms with Crippen LogP contribution in [0.25, 0.3) is 6.08 Å². The average Bonchev–Trinajstić information content (AvgIpc) is 2.73. The van der Waals surface area contributed by atoms with E-state index in [-0.39, 0.29) is 16.9 Å². The third-order valence-electron chi connectivity index (χ3n) is 3.83. The Morgan fingerprint density at radius 3 is 2.45 bits per heavy atom. The SMILES string of the molecule is N#C/C(=C\c1cccc(Oc2ccccc2)c1)C(=O)Nc1cccc([N+](=O)[O-])c1. The molecule has 142 valence electrons. The molecule has 0 aromatic heterocycles. The summed E-state index contributed by atoms with van der Waals surface area (Å²) in [5.41, 5.74) is 0.528. The fourth-order valence-corrected chi connectivity index (χ4v) is 2.50. The number of benzene rings is 3. The van der Waals surface area contributed by atoms with Crippen LogP contribution in [0.3, 0.4) is 0 Å². The summed E-state index contributed by atoms with van der Waals surface area (Å²) in [7, 11) is 0. The van der Waals surface area contributed by atoms with Crippen LogP contribution in [0.5, 0.6) is 11.5 Å². The number of ether oxygens (including phenoxy) is 1. The molecule has 3 aromatic rings. The highest BCUT2D eigenvalue weighted by Gasteiger charge is 2.12. The van der Waals surface area contributed by atoms with Gasteiger partial charge < -0.3 is 10.1 Å². The summed E-state index contributed by atoms with van der Waals surface area (Å²) in [6.45, 7) is 0. The normalized spacial score (nSPS) is 10.7. The van der Waals surface area contributed by atoms with Gasteiger partial charge in [-0.1, -0.05) is 36.4 Å². The van der Waals surface area contributed by atoms with E-state index in [0.717, 1.165) is 0 Å². The largest absolute Gasteiger partial charge is 0.457 e. The van der Waals surface area contributed by atoms with E-state index in [2.05, 4.69) is 5.32 Å². The van der Waals surface area contributed by atoms with E-state index in [1.165, 1.54) is 30.3 Å². The highest BCUT2D eigenvalue weighted by atomic mass is 16.6. The first-order valence-electron chi connectivity index (χ1n) is 8.56. The van der Waals surface area contributed by atoms with Gasteiger partial charge in [0, 0.05) is 17.8 Å². The summed E-state index contributed by atoms with van der Waals surface area (Å²) in [4.78, 5) is 22.7. The lowest BCUT2D eigenvalue weighted by molar-refractivity contribution is -0.384. The van der Waals surface area contributed by atoms with Crippen LogP contribution in [-0.4, -0.2) is 10.8 Å². The van der Waals surface area contributed by atoms with E-state index < -0.39 is 10.8 Å². The smallest absolute Gasteiger partial charge is 0.271 e. The average molecular weight is 385 g/mol. The number of carbonyl (C=O) groups is 1. The number of carbonyl (C=O) groups excluding carboxylic acids is 1. The number of hydrogen-bond donors (Lipinski definition) is 1. The number of nitriles is 1. The molecule has 1 amide bonds. The maximum Gasteiger partial charge on any atom is 0.271 e. The summed E-state index contributed by atoms with van der Waals surface area (Å²) in [6.07, 6.45) is 1.42. The third kappa shape index (κ3) is 5.28. The number of nitrogens with zero attached hydrogens (tertiary/aromatic N) is 2. The Labute approximate surface area is 166 Å². The molecule has 0 saturated heterocycles. The van der Waals surface area contributed by atoms with Gasteiger partial charge in [-0.05, 0) is 42.0 Å². The lowest BCUT2D eigenvalue weighted by Gasteiger charge is -2.07. The monoisotopic (exact) mass is 385 g/mol. The molecule has 0 atom stereocenters. The van der Waals surface area contributed by atoms with Crippen molar-refractivity contribution in [2.45, 2.75) is 0 Å². The van der Waals surface area contributed by atoms with Crippen molar-refractivity contribution < 1.29 is 14.5 Å². The van der Waals surface area contributed by atoms with Gasteiger partial charge in [-0.3, -0.25) is 14.9 Å². The van der Waals surface area contributed by atoms with Crippen molar-refractivity contribution >= 4 is 23.4 Å². The van der Waals surface area contributed by atoms with E-state index in [0.29, 0.717) is 17.1 Å². The van der Waals surface area contributed by atoms with E-state index in [1.54, 1.807) is 24.3 Å². The maximum atomic E-state index is 12.4. The molecule has 7 nitrogen and oxygen atoms in total. The fourth-order valence-electron chi connectivity index (χ4n) is 2.50. The Morgan fingerprint density at radius 2 is 1.72 bits per heavy atom. The van der Waals surface area contributed by atoms with Crippen LogP contribution in [0, 0.1) is 21.4 Å². The molecule has 0 aliphatic heterocycles. The van der Waals surface area contributed by atoms with Crippen molar-refractivity contribution in [1.82, 2.24) is 0 Å². The quantitative estimate of drug-likeness (QED) is 0.280. The van der Waals surface area contributed by atoms with Gasteiger partial charge in [-0.2, -0.15) is 5.26 Å². The van der Waals surface area contributed by atoms with Gasteiger partial charge in [0.25, 0.3) is 11.6 Å². The van der Waals surface area contributed by atoms with Crippen molar-refractivity contribution in [2.24, 2.45) is 0 Å². The number of nitro groups is 1. The second kappa shape index (κ2) is 8.97. The van der Waals surface area contributed by atoms with Crippen LogP contribution in [0.1, 0.15) is 5.56 Å². The highest BCUT2D eigenvalue weighted by molar-refractivity contribution is 6.09. The van der Waals surface area contributed by atoms with Gasteiger partial charge in [0.15, 0.2) is 0 Å². The van der Waals surface area contributed by atoms with Crippen molar-refractivity contribution in [2.75, 3.05) is 5.32 Å². The lowest BCUT2D eigenvalue weighted by Crippen LogP contribution is -2.13. The highest BCUT2D eigenvalue weighted by Crippen LogP contribution is 2.23. The van der Waals surface area contributed by atoms with Crippen LogP contribution in [-0.2, 0) is 4.79 Å². The first kappa shape index (κ1) is 19.3. The molecule has 3 rings (SSSR count). The molecule has 29 heavy (non-hydrogen) atoms. The molecule has 0 aliphatic carbocycles. The molecule has 3 aromatic carbocycles. The Balaban J connectivity index is 1.78. The van der Waals surface area contributed by atoms with Gasteiger partial charge in [0.1, 0.15) is 23.1 Å². The molecule has 0 spiro atoms. The summed E-state index contributed by atoms with van der Waals surface area (Å²) < 4.78 is 5.75. The molecular formula is C22H15N3O4. The molecule has 0 unspecified atom stereocenters. The molecule has 0 heterocycles. The minimum atomic E-state index is -0.664. The van der Waals surface area contributed by atoms with Crippen molar-refractivity contribution in [1.29, 1.82) is 5.26 Å². The predicted molar refractivity (Wildman–Crippen MR) is 108 cm³/mol. The molecule has 0 bridgehead atoms. The van der Waals surface area contributed by atoms with E-state index in [4.69, 9.17) is 4.74 Å². The zero-order chi connectivity index (χ0) is 20.6. The maximum absolute atomic E-state index is 12.4. The second-order valence-corrected chi connectivity index (χ2v) is 5.92. The Bertz CT molecular complexity index is 1120. The van der Waals surface area contributed by atoms with Crippen LogP contribution in [0.4, 0.5) is 11.4 Å². The van der Waals surface area contributed by atoms with Crippen molar-refractivity contribution in [3.8, 4) is 17.6 Å². The van der Waals surface area contributed by atoms with Crippen LogP contribution < -0.4 is 10.1 Å². The van der Waals surface area contributed by atoms with Gasteiger partial charge in [-0.15, -0.1) is 0 Å². The number of nitro benzene ring substituents is 1.